The Morgan fingerprint density at radius 1 is 1.17 bits per heavy atom. The minimum absolute atomic E-state index is 0.0818. The molecular weight excluding hydrogens is 312 g/mol. The van der Waals surface area contributed by atoms with Crippen molar-refractivity contribution >= 4 is 15.9 Å². The standard InChI is InChI=1S/C17H24N2O3S/c1-13-4-2-3-5-16(13)14-6-9-19(10-7-14)17(20)18-15-8-11-23(21,22)12-15/h2-5,14-15H,6-12H2,1H3,(H,18,20). The highest BCUT2D eigenvalue weighted by Gasteiger charge is 2.31. The molecule has 1 aromatic carbocycles. The van der Waals surface area contributed by atoms with Crippen LogP contribution in [0, 0.1) is 6.92 Å². The van der Waals surface area contributed by atoms with Crippen molar-refractivity contribution in [3.05, 3.63) is 35.4 Å². The Morgan fingerprint density at radius 2 is 1.87 bits per heavy atom. The zero-order valence-corrected chi connectivity index (χ0v) is 14.3. The number of hydrogen-bond acceptors (Lipinski definition) is 3. The van der Waals surface area contributed by atoms with Crippen LogP contribution < -0.4 is 5.32 Å². The van der Waals surface area contributed by atoms with Crippen LogP contribution in [0.3, 0.4) is 0 Å². The number of amides is 2. The number of likely N-dealkylation sites (tertiary alicyclic amines) is 1. The van der Waals surface area contributed by atoms with Crippen molar-refractivity contribution in [1.29, 1.82) is 0 Å². The minimum atomic E-state index is -2.95. The summed E-state index contributed by atoms with van der Waals surface area (Å²) in [6.45, 7) is 3.59. The lowest BCUT2D eigenvalue weighted by Gasteiger charge is -2.33. The molecule has 2 saturated heterocycles. The number of nitrogens with zero attached hydrogens (tertiary/aromatic N) is 1. The molecule has 0 saturated carbocycles. The van der Waals surface area contributed by atoms with Crippen LogP contribution in [0.2, 0.25) is 0 Å². The van der Waals surface area contributed by atoms with E-state index in [1.807, 2.05) is 4.90 Å². The summed E-state index contributed by atoms with van der Waals surface area (Å²) < 4.78 is 22.9. The van der Waals surface area contributed by atoms with Gasteiger partial charge < -0.3 is 10.2 Å². The van der Waals surface area contributed by atoms with Gasteiger partial charge in [0.2, 0.25) is 0 Å². The molecule has 3 rings (SSSR count). The molecule has 0 radical (unpaired) electrons. The van der Waals surface area contributed by atoms with Gasteiger partial charge in [-0.2, -0.15) is 0 Å². The Morgan fingerprint density at radius 3 is 2.48 bits per heavy atom. The van der Waals surface area contributed by atoms with Crippen molar-refractivity contribution in [3.8, 4) is 0 Å². The fourth-order valence-electron chi connectivity index (χ4n) is 3.61. The summed E-state index contributed by atoms with van der Waals surface area (Å²) in [6, 6.07) is 8.10. The van der Waals surface area contributed by atoms with Gasteiger partial charge in [-0.05, 0) is 43.2 Å². The van der Waals surface area contributed by atoms with Gasteiger partial charge in [0.25, 0.3) is 0 Å². The predicted molar refractivity (Wildman–Crippen MR) is 90.3 cm³/mol. The van der Waals surface area contributed by atoms with E-state index in [0.29, 0.717) is 12.3 Å². The summed E-state index contributed by atoms with van der Waals surface area (Å²) in [4.78, 5) is 14.1. The molecule has 2 aliphatic rings. The third-order valence-electron chi connectivity index (χ3n) is 4.97. The lowest BCUT2D eigenvalue weighted by Crippen LogP contribution is -2.48. The molecule has 1 atom stereocenters. The highest BCUT2D eigenvalue weighted by Crippen LogP contribution is 2.30. The molecule has 0 spiro atoms. The van der Waals surface area contributed by atoms with Gasteiger partial charge in [-0.15, -0.1) is 0 Å². The first-order valence-corrected chi connectivity index (χ1v) is 10.1. The zero-order chi connectivity index (χ0) is 16.4. The number of carbonyl (C=O) groups is 1. The molecule has 6 heteroatoms. The van der Waals surface area contributed by atoms with E-state index in [-0.39, 0.29) is 23.6 Å². The van der Waals surface area contributed by atoms with Crippen LogP contribution in [0.5, 0.6) is 0 Å². The highest BCUT2D eigenvalue weighted by atomic mass is 32.2. The first-order chi connectivity index (χ1) is 10.9. The van der Waals surface area contributed by atoms with Crippen LogP contribution in [-0.4, -0.2) is 50.0 Å². The molecule has 2 amide bonds. The summed E-state index contributed by atoms with van der Waals surface area (Å²) in [5.74, 6) is 0.776. The van der Waals surface area contributed by atoms with Crippen LogP contribution in [-0.2, 0) is 9.84 Å². The van der Waals surface area contributed by atoms with E-state index in [1.165, 1.54) is 11.1 Å². The zero-order valence-electron chi connectivity index (χ0n) is 13.5. The molecule has 1 aromatic rings. The number of sulfone groups is 1. The van der Waals surface area contributed by atoms with Gasteiger partial charge in [0.05, 0.1) is 11.5 Å². The van der Waals surface area contributed by atoms with Gasteiger partial charge in [0, 0.05) is 19.1 Å². The Hall–Kier alpha value is -1.56. The molecule has 1 N–H and O–H groups in total. The molecule has 126 valence electrons. The Balaban J connectivity index is 1.53. The van der Waals surface area contributed by atoms with Crippen molar-refractivity contribution in [3.63, 3.8) is 0 Å². The molecule has 2 heterocycles. The quantitative estimate of drug-likeness (QED) is 0.899. The summed E-state index contributed by atoms with van der Waals surface area (Å²) in [5, 5.41) is 2.88. The van der Waals surface area contributed by atoms with Gasteiger partial charge in [-0.3, -0.25) is 0 Å². The third kappa shape index (κ3) is 3.86. The van der Waals surface area contributed by atoms with E-state index in [1.54, 1.807) is 0 Å². The second-order valence-electron chi connectivity index (χ2n) is 6.67. The third-order valence-corrected chi connectivity index (χ3v) is 6.74. The monoisotopic (exact) mass is 336 g/mol. The number of nitrogens with one attached hydrogen (secondary N) is 1. The summed E-state index contributed by atoms with van der Waals surface area (Å²) >= 11 is 0. The SMILES string of the molecule is Cc1ccccc1C1CCN(C(=O)NC2CCS(=O)(=O)C2)CC1. The first kappa shape index (κ1) is 16.3. The van der Waals surface area contributed by atoms with Gasteiger partial charge in [-0.1, -0.05) is 24.3 Å². The number of carbonyl (C=O) groups excluding carboxylic acids is 1. The van der Waals surface area contributed by atoms with Crippen molar-refractivity contribution in [2.24, 2.45) is 0 Å². The molecule has 2 fully saturated rings. The molecule has 1 unspecified atom stereocenters. The molecule has 0 aromatic heterocycles. The predicted octanol–water partition coefficient (Wildman–Crippen LogP) is 2.07. The average molecular weight is 336 g/mol. The number of aryl methyl sites for hydroxylation is 1. The lowest BCUT2D eigenvalue weighted by atomic mass is 9.87. The van der Waals surface area contributed by atoms with Crippen LogP contribution in [0.15, 0.2) is 24.3 Å². The minimum Gasteiger partial charge on any atom is -0.334 e. The maximum absolute atomic E-state index is 12.3. The van der Waals surface area contributed by atoms with E-state index in [4.69, 9.17) is 0 Å². The second-order valence-corrected chi connectivity index (χ2v) is 8.90. The topological polar surface area (TPSA) is 66.5 Å². The molecule has 2 aliphatic heterocycles. The van der Waals surface area contributed by atoms with E-state index >= 15 is 0 Å². The normalized spacial score (nSPS) is 24.6. The van der Waals surface area contributed by atoms with E-state index < -0.39 is 9.84 Å². The number of hydrogen-bond donors (Lipinski definition) is 1. The van der Waals surface area contributed by atoms with Gasteiger partial charge in [0.1, 0.15) is 0 Å². The molecule has 5 nitrogen and oxygen atoms in total. The fraction of sp³-hybridized carbons (Fsp3) is 0.588. The Bertz CT molecular complexity index is 679. The second kappa shape index (κ2) is 6.51. The Labute approximate surface area is 138 Å². The fourth-order valence-corrected chi connectivity index (χ4v) is 5.29. The van der Waals surface area contributed by atoms with Crippen molar-refractivity contribution in [2.45, 2.75) is 38.1 Å². The highest BCUT2D eigenvalue weighted by molar-refractivity contribution is 7.91. The summed E-state index contributed by atoms with van der Waals surface area (Å²) in [5.41, 5.74) is 2.70. The van der Waals surface area contributed by atoms with Gasteiger partial charge >= 0.3 is 6.03 Å². The summed E-state index contributed by atoms with van der Waals surface area (Å²) in [6.07, 6.45) is 2.45. The van der Waals surface area contributed by atoms with Crippen LogP contribution in [0.1, 0.15) is 36.3 Å². The lowest BCUT2D eigenvalue weighted by molar-refractivity contribution is 0.178. The molecule has 0 aliphatic carbocycles. The number of benzene rings is 1. The van der Waals surface area contributed by atoms with Crippen LogP contribution in [0.25, 0.3) is 0 Å². The van der Waals surface area contributed by atoms with E-state index in [9.17, 15) is 13.2 Å². The van der Waals surface area contributed by atoms with Crippen LogP contribution in [0.4, 0.5) is 4.79 Å². The molecular formula is C17H24N2O3S. The van der Waals surface area contributed by atoms with E-state index in [0.717, 1.165) is 25.9 Å². The summed E-state index contributed by atoms with van der Waals surface area (Å²) in [7, 11) is -2.95. The van der Waals surface area contributed by atoms with Crippen LogP contribution >= 0.6 is 0 Å². The van der Waals surface area contributed by atoms with Gasteiger partial charge in [0.15, 0.2) is 9.84 Å². The Kier molecular flexibility index (Phi) is 4.62. The largest absolute Gasteiger partial charge is 0.334 e. The maximum Gasteiger partial charge on any atom is 0.317 e. The number of urea groups is 1. The van der Waals surface area contributed by atoms with Crippen molar-refractivity contribution in [2.75, 3.05) is 24.6 Å². The van der Waals surface area contributed by atoms with E-state index in [2.05, 4.69) is 36.5 Å². The smallest absolute Gasteiger partial charge is 0.317 e. The number of rotatable bonds is 2. The van der Waals surface area contributed by atoms with Crippen molar-refractivity contribution < 1.29 is 13.2 Å². The molecule has 0 bridgehead atoms. The van der Waals surface area contributed by atoms with Gasteiger partial charge in [-0.25, -0.2) is 13.2 Å². The molecule has 23 heavy (non-hydrogen) atoms. The first-order valence-electron chi connectivity index (χ1n) is 8.26. The average Bonchev–Trinajstić information content (AvgIpc) is 2.87. The maximum atomic E-state index is 12.3. The number of piperidine rings is 1. The van der Waals surface area contributed by atoms with Crippen molar-refractivity contribution in [1.82, 2.24) is 10.2 Å².